The zero-order valence-corrected chi connectivity index (χ0v) is 15.4. The Morgan fingerprint density at radius 3 is 2.30 bits per heavy atom. The summed E-state index contributed by atoms with van der Waals surface area (Å²) >= 11 is 6.10. The van der Waals surface area contributed by atoms with E-state index in [1.165, 1.54) is 7.11 Å². The van der Waals surface area contributed by atoms with Gasteiger partial charge in [-0.05, 0) is 42.5 Å². The summed E-state index contributed by atoms with van der Waals surface area (Å²) < 4.78 is 10.3. The van der Waals surface area contributed by atoms with Crippen molar-refractivity contribution in [3.8, 4) is 11.5 Å². The number of halogens is 1. The van der Waals surface area contributed by atoms with E-state index in [0.717, 1.165) is 5.69 Å². The number of methoxy groups -OCH3 is 2. The van der Waals surface area contributed by atoms with E-state index in [-0.39, 0.29) is 5.91 Å². The van der Waals surface area contributed by atoms with Gasteiger partial charge in [0.2, 0.25) is 0 Å². The van der Waals surface area contributed by atoms with Crippen molar-refractivity contribution >= 4 is 34.8 Å². The molecule has 3 rings (SSSR count). The number of carbonyl (C=O) groups is 1. The number of aromatic nitrogens is 2. The number of carbonyl (C=O) groups excluding carboxylic acids is 1. The van der Waals surface area contributed by atoms with Gasteiger partial charge in [-0.25, -0.2) is 0 Å². The molecule has 1 heterocycles. The van der Waals surface area contributed by atoms with Gasteiger partial charge in [0.05, 0.1) is 24.8 Å². The van der Waals surface area contributed by atoms with Crippen molar-refractivity contribution < 1.29 is 14.3 Å². The van der Waals surface area contributed by atoms with Crippen LogP contribution in [0.25, 0.3) is 0 Å². The molecule has 7 nitrogen and oxygen atoms in total. The maximum atomic E-state index is 12.4. The third-order valence-corrected chi connectivity index (χ3v) is 3.98. The lowest BCUT2D eigenvalue weighted by Gasteiger charge is -2.10. The predicted molar refractivity (Wildman–Crippen MR) is 104 cm³/mol. The Balaban J connectivity index is 1.68. The second kappa shape index (κ2) is 8.37. The van der Waals surface area contributed by atoms with Gasteiger partial charge in [0.15, 0.2) is 11.6 Å². The lowest BCUT2D eigenvalue weighted by molar-refractivity contribution is 0.102. The summed E-state index contributed by atoms with van der Waals surface area (Å²) in [6.07, 6.45) is 0. The number of amides is 1. The smallest absolute Gasteiger partial charge is 0.260 e. The third kappa shape index (κ3) is 4.45. The number of hydrogen-bond acceptors (Lipinski definition) is 6. The summed E-state index contributed by atoms with van der Waals surface area (Å²) in [5.74, 6) is 1.57. The van der Waals surface area contributed by atoms with Crippen LogP contribution in [0.4, 0.5) is 17.3 Å². The number of benzene rings is 2. The van der Waals surface area contributed by atoms with Crippen LogP contribution in [0, 0.1) is 0 Å². The monoisotopic (exact) mass is 384 g/mol. The number of ether oxygens (including phenoxy) is 2. The van der Waals surface area contributed by atoms with E-state index in [2.05, 4.69) is 20.8 Å². The molecule has 0 atom stereocenters. The Kier molecular flexibility index (Phi) is 5.73. The molecule has 0 spiro atoms. The second-order valence-corrected chi connectivity index (χ2v) is 5.84. The van der Waals surface area contributed by atoms with Crippen LogP contribution in [-0.4, -0.2) is 30.3 Å². The fourth-order valence-corrected chi connectivity index (χ4v) is 2.63. The largest absolute Gasteiger partial charge is 0.496 e. The molecule has 0 bridgehead atoms. The lowest BCUT2D eigenvalue weighted by Crippen LogP contribution is -2.14. The van der Waals surface area contributed by atoms with E-state index in [4.69, 9.17) is 21.1 Å². The molecule has 0 aliphatic rings. The first-order chi connectivity index (χ1) is 13.1. The van der Waals surface area contributed by atoms with Crippen molar-refractivity contribution in [3.05, 3.63) is 65.2 Å². The maximum Gasteiger partial charge on any atom is 0.260 e. The van der Waals surface area contributed by atoms with Crippen molar-refractivity contribution in [3.63, 3.8) is 0 Å². The summed E-state index contributed by atoms with van der Waals surface area (Å²) in [5.41, 5.74) is 1.15. The van der Waals surface area contributed by atoms with E-state index in [0.29, 0.717) is 33.7 Å². The zero-order chi connectivity index (χ0) is 19.2. The average molecular weight is 385 g/mol. The van der Waals surface area contributed by atoms with Crippen molar-refractivity contribution in [1.82, 2.24) is 10.2 Å². The molecule has 0 unspecified atom stereocenters. The molecule has 0 saturated heterocycles. The fourth-order valence-electron chi connectivity index (χ4n) is 2.37. The van der Waals surface area contributed by atoms with Crippen LogP contribution in [-0.2, 0) is 0 Å². The fraction of sp³-hybridized carbons (Fsp3) is 0.105. The van der Waals surface area contributed by atoms with Gasteiger partial charge in [-0.15, -0.1) is 10.2 Å². The Labute approximate surface area is 161 Å². The molecule has 8 heteroatoms. The Hall–Kier alpha value is -3.32. The van der Waals surface area contributed by atoms with Gasteiger partial charge in [0.25, 0.3) is 5.91 Å². The molecule has 0 radical (unpaired) electrons. The van der Waals surface area contributed by atoms with Crippen molar-refractivity contribution in [2.75, 3.05) is 24.9 Å². The molecule has 0 aliphatic carbocycles. The summed E-state index contributed by atoms with van der Waals surface area (Å²) in [6, 6.07) is 15.6. The first-order valence-corrected chi connectivity index (χ1v) is 8.37. The summed E-state index contributed by atoms with van der Waals surface area (Å²) in [6.45, 7) is 0. The van der Waals surface area contributed by atoms with Gasteiger partial charge in [0.1, 0.15) is 11.5 Å². The predicted octanol–water partition coefficient (Wildman–Crippen LogP) is 4.14. The first kappa shape index (κ1) is 18.5. The van der Waals surface area contributed by atoms with Crippen LogP contribution >= 0.6 is 11.6 Å². The number of para-hydroxylation sites is 1. The Bertz CT molecular complexity index is 948. The van der Waals surface area contributed by atoms with Gasteiger partial charge in [0, 0.05) is 5.69 Å². The number of hydrogen-bond donors (Lipinski definition) is 2. The van der Waals surface area contributed by atoms with E-state index >= 15 is 0 Å². The van der Waals surface area contributed by atoms with Gasteiger partial charge in [-0.3, -0.25) is 4.79 Å². The zero-order valence-electron chi connectivity index (χ0n) is 14.7. The molecular formula is C19H17ClN4O3. The molecule has 138 valence electrons. The van der Waals surface area contributed by atoms with Crippen LogP contribution in [0.2, 0.25) is 5.02 Å². The van der Waals surface area contributed by atoms with Gasteiger partial charge < -0.3 is 20.1 Å². The van der Waals surface area contributed by atoms with Gasteiger partial charge >= 0.3 is 0 Å². The molecule has 1 amide bonds. The average Bonchev–Trinajstić information content (AvgIpc) is 2.69. The summed E-state index contributed by atoms with van der Waals surface area (Å²) in [4.78, 5) is 12.4. The van der Waals surface area contributed by atoms with Crippen LogP contribution in [0.1, 0.15) is 10.4 Å². The van der Waals surface area contributed by atoms with Crippen LogP contribution in [0.15, 0.2) is 54.6 Å². The number of nitrogens with zero attached hydrogens (tertiary/aromatic N) is 2. The Morgan fingerprint density at radius 2 is 1.63 bits per heavy atom. The molecule has 27 heavy (non-hydrogen) atoms. The van der Waals surface area contributed by atoms with E-state index in [1.54, 1.807) is 55.6 Å². The second-order valence-electron chi connectivity index (χ2n) is 5.43. The first-order valence-electron chi connectivity index (χ1n) is 7.99. The highest BCUT2D eigenvalue weighted by Crippen LogP contribution is 2.28. The number of anilines is 3. The van der Waals surface area contributed by atoms with Crippen molar-refractivity contribution in [2.45, 2.75) is 0 Å². The van der Waals surface area contributed by atoms with Crippen LogP contribution < -0.4 is 20.1 Å². The molecule has 2 N–H and O–H groups in total. The minimum Gasteiger partial charge on any atom is -0.496 e. The van der Waals surface area contributed by atoms with Crippen LogP contribution in [0.3, 0.4) is 0 Å². The molecular weight excluding hydrogens is 368 g/mol. The minimum absolute atomic E-state index is 0.323. The Morgan fingerprint density at radius 1 is 0.926 bits per heavy atom. The topological polar surface area (TPSA) is 85.4 Å². The molecule has 0 fully saturated rings. The molecule has 3 aromatic rings. The van der Waals surface area contributed by atoms with E-state index in [1.807, 2.05) is 6.07 Å². The normalized spacial score (nSPS) is 10.2. The van der Waals surface area contributed by atoms with Crippen molar-refractivity contribution in [1.29, 1.82) is 0 Å². The summed E-state index contributed by atoms with van der Waals surface area (Å²) in [7, 11) is 3.07. The highest BCUT2D eigenvalue weighted by molar-refractivity contribution is 6.32. The van der Waals surface area contributed by atoms with Crippen molar-refractivity contribution in [2.24, 2.45) is 0 Å². The molecule has 1 aromatic heterocycles. The number of rotatable bonds is 6. The van der Waals surface area contributed by atoms with Gasteiger partial charge in [-0.1, -0.05) is 23.7 Å². The molecule has 0 saturated carbocycles. The highest BCUT2D eigenvalue weighted by Gasteiger charge is 2.12. The highest BCUT2D eigenvalue weighted by atomic mass is 35.5. The quantitative estimate of drug-likeness (QED) is 0.664. The van der Waals surface area contributed by atoms with Crippen LogP contribution in [0.5, 0.6) is 11.5 Å². The van der Waals surface area contributed by atoms with E-state index in [9.17, 15) is 4.79 Å². The third-order valence-electron chi connectivity index (χ3n) is 3.68. The lowest BCUT2D eigenvalue weighted by atomic mass is 10.2. The van der Waals surface area contributed by atoms with Gasteiger partial charge in [-0.2, -0.15) is 0 Å². The maximum absolute atomic E-state index is 12.4. The standard InChI is InChI=1S/C19H17ClN4O3/c1-26-15-6-4-3-5-13(15)19(25)22-18-10-9-17(23-24-18)21-12-7-8-16(27-2)14(20)11-12/h3-11H,1-2H3,(H,21,23)(H,22,24,25). The molecule has 2 aromatic carbocycles. The van der Waals surface area contributed by atoms with E-state index < -0.39 is 0 Å². The number of nitrogens with one attached hydrogen (secondary N) is 2. The minimum atomic E-state index is -0.329. The summed E-state index contributed by atoms with van der Waals surface area (Å²) in [5, 5.41) is 14.3. The molecule has 0 aliphatic heterocycles. The SMILES string of the molecule is COc1ccc(Nc2ccc(NC(=O)c3ccccc3OC)nn2)cc1Cl.